The van der Waals surface area contributed by atoms with Crippen LogP contribution in [-0.2, 0) is 4.74 Å². The van der Waals surface area contributed by atoms with Crippen LogP contribution < -0.4 is 5.32 Å². The molecule has 3 aromatic rings. The molecule has 122 valence electrons. The molecule has 0 atom stereocenters. The normalized spacial score (nSPS) is 10.6. The van der Waals surface area contributed by atoms with Crippen LogP contribution in [0, 0.1) is 0 Å². The lowest BCUT2D eigenvalue weighted by Gasteiger charge is -2.14. The van der Waals surface area contributed by atoms with E-state index in [1.54, 1.807) is 31.2 Å². The van der Waals surface area contributed by atoms with Crippen LogP contribution in [0.15, 0.2) is 48.7 Å². The number of nitrogens with zero attached hydrogens (tertiary/aromatic N) is 1. The molecule has 0 bridgehead atoms. The second-order valence-electron chi connectivity index (χ2n) is 5.06. The Morgan fingerprint density at radius 1 is 1.17 bits per heavy atom. The molecule has 0 saturated heterocycles. The van der Waals surface area contributed by atoms with Gasteiger partial charge >= 0.3 is 5.97 Å². The van der Waals surface area contributed by atoms with Crippen LogP contribution in [0.1, 0.15) is 17.3 Å². The van der Waals surface area contributed by atoms with E-state index in [2.05, 4.69) is 10.3 Å². The van der Waals surface area contributed by atoms with Gasteiger partial charge in [0, 0.05) is 27.3 Å². The molecule has 1 aromatic heterocycles. The smallest absolute Gasteiger partial charge is 0.341 e. The Hall–Kier alpha value is -2.30. The first-order valence-corrected chi connectivity index (χ1v) is 8.12. The van der Waals surface area contributed by atoms with Crippen molar-refractivity contribution in [2.24, 2.45) is 0 Å². The first-order valence-electron chi connectivity index (χ1n) is 7.36. The average Bonchev–Trinajstić information content (AvgIpc) is 2.55. The van der Waals surface area contributed by atoms with E-state index < -0.39 is 5.97 Å². The highest BCUT2D eigenvalue weighted by Gasteiger charge is 2.17. The number of pyridine rings is 1. The quantitative estimate of drug-likeness (QED) is 0.627. The van der Waals surface area contributed by atoms with Gasteiger partial charge in [0.15, 0.2) is 0 Å². The molecule has 4 nitrogen and oxygen atoms in total. The summed E-state index contributed by atoms with van der Waals surface area (Å²) < 4.78 is 5.13. The molecule has 6 heteroatoms. The Balaban J connectivity index is 2.16. The summed E-state index contributed by atoms with van der Waals surface area (Å²) >= 11 is 12.1. The van der Waals surface area contributed by atoms with Crippen molar-refractivity contribution in [2.75, 3.05) is 11.9 Å². The van der Waals surface area contributed by atoms with Crippen molar-refractivity contribution in [1.82, 2.24) is 4.98 Å². The van der Waals surface area contributed by atoms with Crippen LogP contribution in [0.2, 0.25) is 10.0 Å². The zero-order valence-corrected chi connectivity index (χ0v) is 14.4. The van der Waals surface area contributed by atoms with Crippen molar-refractivity contribution in [3.05, 3.63) is 64.3 Å². The number of fused-ring (bicyclic) bond motifs is 1. The lowest BCUT2D eigenvalue weighted by Crippen LogP contribution is -2.09. The van der Waals surface area contributed by atoms with Gasteiger partial charge in [-0.1, -0.05) is 29.3 Å². The van der Waals surface area contributed by atoms with Gasteiger partial charge in [0.25, 0.3) is 0 Å². The Morgan fingerprint density at radius 3 is 2.71 bits per heavy atom. The van der Waals surface area contributed by atoms with Crippen molar-refractivity contribution in [3.63, 3.8) is 0 Å². The number of benzene rings is 2. The third-order valence-corrected chi connectivity index (χ3v) is 3.89. The van der Waals surface area contributed by atoms with Crippen LogP contribution in [-0.4, -0.2) is 17.6 Å². The molecule has 0 spiro atoms. The number of carbonyl (C=O) groups excluding carboxylic acids is 1. The van der Waals surface area contributed by atoms with Crippen molar-refractivity contribution in [1.29, 1.82) is 0 Å². The molecule has 1 N–H and O–H groups in total. The fourth-order valence-electron chi connectivity index (χ4n) is 2.38. The van der Waals surface area contributed by atoms with Crippen LogP contribution >= 0.6 is 23.2 Å². The van der Waals surface area contributed by atoms with E-state index >= 15 is 0 Å². The maximum absolute atomic E-state index is 12.3. The minimum absolute atomic E-state index is 0.286. The highest BCUT2D eigenvalue weighted by atomic mass is 35.5. The van der Waals surface area contributed by atoms with Gasteiger partial charge < -0.3 is 10.1 Å². The fraction of sp³-hybridized carbons (Fsp3) is 0.111. The maximum Gasteiger partial charge on any atom is 0.341 e. The summed E-state index contributed by atoms with van der Waals surface area (Å²) in [7, 11) is 0. The number of hydrogen-bond acceptors (Lipinski definition) is 4. The minimum atomic E-state index is -0.439. The van der Waals surface area contributed by atoms with Gasteiger partial charge in [-0.2, -0.15) is 0 Å². The van der Waals surface area contributed by atoms with Gasteiger partial charge in [0.05, 0.1) is 17.8 Å². The number of carbonyl (C=O) groups is 1. The van der Waals surface area contributed by atoms with Gasteiger partial charge in [-0.05, 0) is 43.3 Å². The first kappa shape index (κ1) is 16.6. The molecule has 24 heavy (non-hydrogen) atoms. The van der Waals surface area contributed by atoms with Crippen LogP contribution in [0.3, 0.4) is 0 Å². The van der Waals surface area contributed by atoms with Crippen molar-refractivity contribution in [3.8, 4) is 0 Å². The molecule has 0 aliphatic heterocycles. The Bertz CT molecular complexity index is 913. The molecular formula is C18H14Cl2N2O2. The summed E-state index contributed by atoms with van der Waals surface area (Å²) in [4.78, 5) is 16.6. The standard InChI is InChI=1S/C18H14Cl2N2O2/c1-2-24-18(23)15-10-21-16-9-12(20)6-7-14(16)17(15)22-13-5-3-4-11(19)8-13/h3-10H,2H2,1H3,(H,21,22). The van der Waals surface area contributed by atoms with E-state index in [9.17, 15) is 4.79 Å². The predicted octanol–water partition coefficient (Wildman–Crippen LogP) is 5.46. The van der Waals surface area contributed by atoms with Gasteiger partial charge in [-0.15, -0.1) is 0 Å². The van der Waals surface area contributed by atoms with E-state index in [-0.39, 0.29) is 6.61 Å². The highest BCUT2D eigenvalue weighted by Crippen LogP contribution is 2.31. The third-order valence-electron chi connectivity index (χ3n) is 3.42. The largest absolute Gasteiger partial charge is 0.462 e. The van der Waals surface area contributed by atoms with Gasteiger partial charge in [-0.3, -0.25) is 4.98 Å². The SMILES string of the molecule is CCOC(=O)c1cnc2cc(Cl)ccc2c1Nc1cccc(Cl)c1. The molecule has 3 rings (SSSR count). The Labute approximate surface area is 149 Å². The van der Waals surface area contributed by atoms with Crippen LogP contribution in [0.5, 0.6) is 0 Å². The molecule has 0 saturated carbocycles. The Kier molecular flexibility index (Phi) is 4.88. The highest BCUT2D eigenvalue weighted by molar-refractivity contribution is 6.31. The van der Waals surface area contributed by atoms with E-state index in [0.29, 0.717) is 26.8 Å². The number of esters is 1. The summed E-state index contributed by atoms with van der Waals surface area (Å²) in [6, 6.07) is 12.6. The molecule has 0 fully saturated rings. The van der Waals surface area contributed by atoms with Crippen molar-refractivity contribution >= 4 is 51.4 Å². The lowest BCUT2D eigenvalue weighted by molar-refractivity contribution is 0.0527. The summed E-state index contributed by atoms with van der Waals surface area (Å²) in [5.74, 6) is -0.439. The van der Waals surface area contributed by atoms with Crippen molar-refractivity contribution in [2.45, 2.75) is 6.92 Å². The average molecular weight is 361 g/mol. The summed E-state index contributed by atoms with van der Waals surface area (Å²) in [6.07, 6.45) is 1.49. The summed E-state index contributed by atoms with van der Waals surface area (Å²) in [6.45, 7) is 2.05. The summed E-state index contributed by atoms with van der Waals surface area (Å²) in [5.41, 5.74) is 2.40. The Morgan fingerprint density at radius 2 is 1.96 bits per heavy atom. The minimum Gasteiger partial charge on any atom is -0.462 e. The van der Waals surface area contributed by atoms with Gasteiger partial charge in [0.1, 0.15) is 5.56 Å². The van der Waals surface area contributed by atoms with E-state index in [4.69, 9.17) is 27.9 Å². The van der Waals surface area contributed by atoms with Gasteiger partial charge in [-0.25, -0.2) is 4.79 Å². The zero-order chi connectivity index (χ0) is 17.1. The second-order valence-corrected chi connectivity index (χ2v) is 5.94. The zero-order valence-electron chi connectivity index (χ0n) is 12.8. The molecule has 0 amide bonds. The first-order chi connectivity index (χ1) is 11.6. The number of aromatic nitrogens is 1. The van der Waals surface area contributed by atoms with E-state index in [1.807, 2.05) is 18.2 Å². The maximum atomic E-state index is 12.3. The molecular weight excluding hydrogens is 347 g/mol. The molecule has 0 radical (unpaired) electrons. The fourth-order valence-corrected chi connectivity index (χ4v) is 2.73. The molecule has 1 heterocycles. The lowest BCUT2D eigenvalue weighted by atomic mass is 10.1. The van der Waals surface area contributed by atoms with Crippen LogP contribution in [0.25, 0.3) is 10.9 Å². The van der Waals surface area contributed by atoms with Crippen LogP contribution in [0.4, 0.5) is 11.4 Å². The number of rotatable bonds is 4. The van der Waals surface area contributed by atoms with E-state index in [0.717, 1.165) is 11.1 Å². The topological polar surface area (TPSA) is 51.2 Å². The predicted molar refractivity (Wildman–Crippen MR) is 97.4 cm³/mol. The molecule has 2 aromatic carbocycles. The molecule has 0 unspecified atom stereocenters. The van der Waals surface area contributed by atoms with E-state index in [1.165, 1.54) is 6.20 Å². The van der Waals surface area contributed by atoms with Crippen molar-refractivity contribution < 1.29 is 9.53 Å². The number of ether oxygens (including phenoxy) is 1. The third kappa shape index (κ3) is 3.45. The second kappa shape index (κ2) is 7.07. The monoisotopic (exact) mass is 360 g/mol. The summed E-state index contributed by atoms with van der Waals surface area (Å²) in [5, 5.41) is 5.19. The molecule has 0 aliphatic carbocycles. The number of anilines is 2. The van der Waals surface area contributed by atoms with Gasteiger partial charge in [0.2, 0.25) is 0 Å². The number of hydrogen-bond donors (Lipinski definition) is 1. The molecule has 0 aliphatic rings. The number of nitrogens with one attached hydrogen (secondary N) is 1. The number of halogens is 2.